The third kappa shape index (κ3) is 3.97. The average molecular weight is 382 g/mol. The number of fused-ring (bicyclic) bond motifs is 1. The molecule has 0 atom stereocenters. The van der Waals surface area contributed by atoms with Crippen molar-refractivity contribution >= 4 is 35.1 Å². The average Bonchev–Trinajstić information content (AvgIpc) is 3.25. The Morgan fingerprint density at radius 1 is 1.15 bits per heavy atom. The molecule has 132 valence electrons. The number of nitrogens with zero attached hydrogens (tertiary/aromatic N) is 2. The van der Waals surface area contributed by atoms with Gasteiger partial charge < -0.3 is 9.88 Å². The molecule has 26 heavy (non-hydrogen) atoms. The van der Waals surface area contributed by atoms with Gasteiger partial charge in [-0.25, -0.2) is 4.98 Å². The van der Waals surface area contributed by atoms with Gasteiger partial charge in [-0.3, -0.25) is 4.79 Å². The van der Waals surface area contributed by atoms with Crippen molar-refractivity contribution in [2.24, 2.45) is 0 Å². The van der Waals surface area contributed by atoms with Crippen LogP contribution in [0.25, 0.3) is 11.3 Å². The zero-order valence-electron chi connectivity index (χ0n) is 14.2. The van der Waals surface area contributed by atoms with Gasteiger partial charge in [-0.2, -0.15) is 0 Å². The molecule has 0 unspecified atom stereocenters. The van der Waals surface area contributed by atoms with Crippen LogP contribution in [-0.2, 0) is 11.3 Å². The van der Waals surface area contributed by atoms with Crippen molar-refractivity contribution in [3.63, 3.8) is 0 Å². The molecule has 1 amide bonds. The lowest BCUT2D eigenvalue weighted by molar-refractivity contribution is -0.115. The van der Waals surface area contributed by atoms with Crippen LogP contribution in [0, 0.1) is 0 Å². The molecule has 0 fully saturated rings. The van der Waals surface area contributed by atoms with Crippen LogP contribution in [0.5, 0.6) is 0 Å². The third-order valence-corrected chi connectivity index (χ3v) is 6.11. The zero-order chi connectivity index (χ0) is 17.8. The van der Waals surface area contributed by atoms with E-state index in [4.69, 9.17) is 4.98 Å². The van der Waals surface area contributed by atoms with E-state index in [1.807, 2.05) is 42.5 Å². The maximum atomic E-state index is 12.4. The Morgan fingerprint density at radius 3 is 2.81 bits per heavy atom. The number of amides is 1. The summed E-state index contributed by atoms with van der Waals surface area (Å²) >= 11 is 3.47. The van der Waals surface area contributed by atoms with Crippen LogP contribution < -0.4 is 5.32 Å². The van der Waals surface area contributed by atoms with Gasteiger partial charge in [0.2, 0.25) is 5.91 Å². The molecule has 0 bridgehead atoms. The molecule has 1 N–H and O–H groups in total. The van der Waals surface area contributed by atoms with Crippen molar-refractivity contribution in [1.29, 1.82) is 0 Å². The number of imidazole rings is 1. The second-order valence-electron chi connectivity index (χ2n) is 5.96. The highest BCUT2D eigenvalue weighted by Gasteiger charge is 2.17. The van der Waals surface area contributed by atoms with Crippen LogP contribution in [0.1, 0.15) is 6.42 Å². The maximum Gasteiger partial charge on any atom is 0.225 e. The van der Waals surface area contributed by atoms with Gasteiger partial charge >= 0.3 is 0 Å². The van der Waals surface area contributed by atoms with E-state index in [1.165, 1.54) is 4.90 Å². The number of benzene rings is 2. The molecule has 6 heteroatoms. The number of nitrogens with one attached hydrogen (secondary N) is 1. The fourth-order valence-corrected chi connectivity index (χ4v) is 4.66. The van der Waals surface area contributed by atoms with Crippen molar-refractivity contribution in [3.8, 4) is 11.3 Å². The first kappa shape index (κ1) is 17.2. The summed E-state index contributed by atoms with van der Waals surface area (Å²) in [5, 5.41) is 4.11. The molecule has 0 radical (unpaired) electrons. The summed E-state index contributed by atoms with van der Waals surface area (Å²) in [4.78, 5) is 18.3. The molecule has 3 aromatic rings. The lowest BCUT2D eigenvalue weighted by Gasteiger charge is -2.09. The number of aryl methyl sites for hydroxylation is 1. The fourth-order valence-electron chi connectivity index (χ4n) is 2.85. The monoisotopic (exact) mass is 381 g/mol. The van der Waals surface area contributed by atoms with E-state index in [0.717, 1.165) is 40.2 Å². The smallest absolute Gasteiger partial charge is 0.225 e. The Kier molecular flexibility index (Phi) is 5.32. The van der Waals surface area contributed by atoms with Gasteiger partial charge in [0.05, 0.1) is 11.4 Å². The first-order chi connectivity index (χ1) is 12.8. The first-order valence-corrected chi connectivity index (χ1v) is 10.5. The highest BCUT2D eigenvalue weighted by Crippen LogP contribution is 2.32. The number of aromatic nitrogens is 2. The molecule has 1 aliphatic rings. The van der Waals surface area contributed by atoms with Crippen molar-refractivity contribution in [1.82, 2.24) is 9.55 Å². The normalized spacial score (nSPS) is 12.8. The van der Waals surface area contributed by atoms with Gasteiger partial charge in [-0.15, -0.1) is 11.8 Å². The molecule has 1 aliphatic heterocycles. The predicted octanol–water partition coefficient (Wildman–Crippen LogP) is 4.78. The van der Waals surface area contributed by atoms with Crippen LogP contribution >= 0.6 is 23.5 Å². The second-order valence-corrected chi connectivity index (χ2v) is 8.19. The number of hydrogen-bond acceptors (Lipinski definition) is 4. The molecule has 1 aromatic heterocycles. The molecule has 0 saturated heterocycles. The summed E-state index contributed by atoms with van der Waals surface area (Å²) < 4.78 is 2.18. The molecule has 0 saturated carbocycles. The standard InChI is InChI=1S/C20H19N3OS2/c24-19(10-12-25-15-6-2-1-3-7-15)21-17-9-5-4-8-16(17)18-14-23-11-13-26-20(23)22-18/h1-9,14H,10-13H2,(H,21,24). The number of rotatable bonds is 6. The van der Waals surface area contributed by atoms with Crippen molar-refractivity contribution in [2.45, 2.75) is 23.0 Å². The van der Waals surface area contributed by atoms with E-state index >= 15 is 0 Å². The van der Waals surface area contributed by atoms with Gasteiger partial charge in [-0.1, -0.05) is 48.2 Å². The third-order valence-electron chi connectivity index (χ3n) is 4.12. The lowest BCUT2D eigenvalue weighted by atomic mass is 10.1. The van der Waals surface area contributed by atoms with Crippen LogP contribution in [0.15, 0.2) is 70.8 Å². The lowest BCUT2D eigenvalue weighted by Crippen LogP contribution is -2.13. The van der Waals surface area contributed by atoms with Crippen LogP contribution in [0.4, 0.5) is 5.69 Å². The van der Waals surface area contributed by atoms with Crippen molar-refractivity contribution in [3.05, 3.63) is 60.8 Å². The Bertz CT molecular complexity index is 887. The second kappa shape index (κ2) is 8.01. The number of hydrogen-bond donors (Lipinski definition) is 1. The molecule has 4 rings (SSSR count). The molecular formula is C20H19N3OS2. The van der Waals surface area contributed by atoms with Crippen LogP contribution in [0.2, 0.25) is 0 Å². The van der Waals surface area contributed by atoms with Gasteiger partial charge in [0.1, 0.15) is 0 Å². The summed E-state index contributed by atoms with van der Waals surface area (Å²) in [6.07, 6.45) is 2.55. The van der Waals surface area contributed by atoms with Gasteiger partial charge in [0, 0.05) is 41.1 Å². The van der Waals surface area contributed by atoms with Gasteiger partial charge in [0.15, 0.2) is 5.16 Å². The molecule has 0 spiro atoms. The molecule has 2 heterocycles. The van der Waals surface area contributed by atoms with Gasteiger partial charge in [-0.05, 0) is 18.2 Å². The molecule has 4 nitrogen and oxygen atoms in total. The number of anilines is 1. The Labute approximate surface area is 161 Å². The Hall–Kier alpha value is -2.18. The highest BCUT2D eigenvalue weighted by molar-refractivity contribution is 7.99. The minimum atomic E-state index is 0.0296. The Morgan fingerprint density at radius 2 is 1.96 bits per heavy atom. The largest absolute Gasteiger partial charge is 0.325 e. The van der Waals surface area contributed by atoms with E-state index in [-0.39, 0.29) is 5.91 Å². The van der Waals surface area contributed by atoms with E-state index in [9.17, 15) is 4.79 Å². The van der Waals surface area contributed by atoms with E-state index < -0.39 is 0 Å². The van der Waals surface area contributed by atoms with Crippen molar-refractivity contribution in [2.75, 3.05) is 16.8 Å². The highest BCUT2D eigenvalue weighted by atomic mass is 32.2. The topological polar surface area (TPSA) is 46.9 Å². The van der Waals surface area contributed by atoms with E-state index in [2.05, 4.69) is 28.2 Å². The van der Waals surface area contributed by atoms with E-state index in [0.29, 0.717) is 6.42 Å². The SMILES string of the molecule is O=C(CCSc1ccccc1)Nc1ccccc1-c1cn2c(n1)SCC2. The number of carbonyl (C=O) groups excluding carboxylic acids is 1. The van der Waals surface area contributed by atoms with Crippen LogP contribution in [-0.4, -0.2) is 27.0 Å². The summed E-state index contributed by atoms with van der Waals surface area (Å²) in [6.45, 7) is 0.998. The number of carbonyl (C=O) groups is 1. The fraction of sp³-hybridized carbons (Fsp3) is 0.200. The molecule has 2 aromatic carbocycles. The predicted molar refractivity (Wildman–Crippen MR) is 109 cm³/mol. The minimum Gasteiger partial charge on any atom is -0.325 e. The van der Waals surface area contributed by atoms with Crippen LogP contribution in [0.3, 0.4) is 0 Å². The summed E-state index contributed by atoms with van der Waals surface area (Å²) in [5.74, 6) is 1.87. The number of thioether (sulfide) groups is 2. The van der Waals surface area contributed by atoms with Crippen molar-refractivity contribution < 1.29 is 4.79 Å². The molecular weight excluding hydrogens is 362 g/mol. The minimum absolute atomic E-state index is 0.0296. The summed E-state index contributed by atoms with van der Waals surface area (Å²) in [7, 11) is 0. The van der Waals surface area contributed by atoms with E-state index in [1.54, 1.807) is 23.5 Å². The molecule has 0 aliphatic carbocycles. The quantitative estimate of drug-likeness (QED) is 0.625. The van der Waals surface area contributed by atoms with Gasteiger partial charge in [0.25, 0.3) is 0 Å². The Balaban J connectivity index is 1.40. The summed E-state index contributed by atoms with van der Waals surface area (Å²) in [6, 6.07) is 18.0. The number of para-hydroxylation sites is 1. The first-order valence-electron chi connectivity index (χ1n) is 8.57. The summed E-state index contributed by atoms with van der Waals surface area (Å²) in [5.41, 5.74) is 2.71. The maximum absolute atomic E-state index is 12.4. The zero-order valence-corrected chi connectivity index (χ0v) is 15.9.